The van der Waals surface area contributed by atoms with Crippen molar-refractivity contribution < 1.29 is 9.90 Å². The van der Waals surface area contributed by atoms with Crippen molar-refractivity contribution >= 4 is 17.0 Å². The van der Waals surface area contributed by atoms with E-state index in [4.69, 9.17) is 5.11 Å². The summed E-state index contributed by atoms with van der Waals surface area (Å²) >= 11 is 0. The average molecular weight is 205 g/mol. The lowest BCUT2D eigenvalue weighted by atomic mass is 10.2. The van der Waals surface area contributed by atoms with Gasteiger partial charge in [-0.05, 0) is 12.5 Å². The van der Waals surface area contributed by atoms with E-state index in [1.54, 1.807) is 6.20 Å². The van der Waals surface area contributed by atoms with Gasteiger partial charge in [-0.3, -0.25) is 4.79 Å². The molecule has 2 N–H and O–H groups in total. The van der Waals surface area contributed by atoms with Gasteiger partial charge in [-0.15, -0.1) is 0 Å². The molecule has 2 aromatic heterocycles. The first-order chi connectivity index (χ1) is 7.16. The second-order valence-corrected chi connectivity index (χ2v) is 3.41. The zero-order valence-corrected chi connectivity index (χ0v) is 8.32. The normalized spacial score (nSPS) is 10.7. The summed E-state index contributed by atoms with van der Waals surface area (Å²) in [6, 6.07) is 0. The maximum Gasteiger partial charge on any atom is 0.303 e. The quantitative estimate of drug-likeness (QED) is 0.791. The highest BCUT2D eigenvalue weighted by atomic mass is 16.4. The molecule has 0 bridgehead atoms. The largest absolute Gasteiger partial charge is 0.481 e. The monoisotopic (exact) mass is 205 g/mol. The van der Waals surface area contributed by atoms with Gasteiger partial charge in [0.05, 0.1) is 6.42 Å². The smallest absolute Gasteiger partial charge is 0.303 e. The Hall–Kier alpha value is -1.91. The molecule has 0 atom stereocenters. The molecule has 0 aliphatic heterocycles. The van der Waals surface area contributed by atoms with Gasteiger partial charge in [0, 0.05) is 24.2 Å². The Labute approximate surface area is 86.2 Å². The van der Waals surface area contributed by atoms with Crippen molar-refractivity contribution in [1.82, 2.24) is 15.0 Å². The topological polar surface area (TPSA) is 78.9 Å². The van der Waals surface area contributed by atoms with Crippen LogP contribution in [0.1, 0.15) is 17.8 Å². The molecule has 2 heterocycles. The van der Waals surface area contributed by atoms with Crippen molar-refractivity contribution in [3.05, 3.63) is 23.8 Å². The maximum absolute atomic E-state index is 10.4. The zero-order valence-electron chi connectivity index (χ0n) is 8.32. The fourth-order valence-electron chi connectivity index (χ4n) is 1.41. The van der Waals surface area contributed by atoms with Crippen LogP contribution in [-0.4, -0.2) is 26.0 Å². The number of hydrogen-bond acceptors (Lipinski definition) is 3. The Kier molecular flexibility index (Phi) is 2.37. The second-order valence-electron chi connectivity index (χ2n) is 3.41. The van der Waals surface area contributed by atoms with Gasteiger partial charge in [-0.25, -0.2) is 9.97 Å². The first-order valence-electron chi connectivity index (χ1n) is 4.68. The number of H-pyrrole nitrogens is 1. The molecule has 0 unspecified atom stereocenters. The van der Waals surface area contributed by atoms with Crippen LogP contribution in [0.2, 0.25) is 0 Å². The molecule has 15 heavy (non-hydrogen) atoms. The molecule has 5 heteroatoms. The van der Waals surface area contributed by atoms with E-state index in [0.29, 0.717) is 12.2 Å². The number of aromatic amines is 1. The van der Waals surface area contributed by atoms with E-state index >= 15 is 0 Å². The zero-order chi connectivity index (χ0) is 10.8. The molecule has 5 nitrogen and oxygen atoms in total. The van der Waals surface area contributed by atoms with E-state index < -0.39 is 5.97 Å². The predicted molar refractivity (Wildman–Crippen MR) is 54.6 cm³/mol. The van der Waals surface area contributed by atoms with Gasteiger partial charge >= 0.3 is 5.97 Å². The Morgan fingerprint density at radius 2 is 2.40 bits per heavy atom. The standard InChI is InChI=1S/C10H11N3O2/c1-6-4-12-10-7(6)5-11-8(13-10)2-3-9(14)15/h4-5H,2-3H2,1H3,(H,14,15)(H,11,12,13). The van der Waals surface area contributed by atoms with E-state index in [9.17, 15) is 4.79 Å². The van der Waals surface area contributed by atoms with Crippen molar-refractivity contribution in [3.63, 3.8) is 0 Å². The van der Waals surface area contributed by atoms with Crippen LogP contribution in [0.25, 0.3) is 11.0 Å². The number of rotatable bonds is 3. The van der Waals surface area contributed by atoms with E-state index in [-0.39, 0.29) is 6.42 Å². The lowest BCUT2D eigenvalue weighted by molar-refractivity contribution is -0.137. The minimum atomic E-state index is -0.832. The molecule has 0 radical (unpaired) electrons. The van der Waals surface area contributed by atoms with Crippen LogP contribution < -0.4 is 0 Å². The summed E-state index contributed by atoms with van der Waals surface area (Å²) in [5.41, 5.74) is 1.86. The summed E-state index contributed by atoms with van der Waals surface area (Å²) in [7, 11) is 0. The molecule has 2 rings (SSSR count). The van der Waals surface area contributed by atoms with E-state index in [1.165, 1.54) is 0 Å². The molecule has 2 aromatic rings. The number of hydrogen-bond donors (Lipinski definition) is 2. The number of carbonyl (C=O) groups is 1. The van der Waals surface area contributed by atoms with Gasteiger partial charge in [-0.2, -0.15) is 0 Å². The minimum absolute atomic E-state index is 0.0607. The highest BCUT2D eigenvalue weighted by Gasteiger charge is 2.05. The number of aromatic nitrogens is 3. The van der Waals surface area contributed by atoms with Crippen LogP contribution in [0, 0.1) is 6.92 Å². The van der Waals surface area contributed by atoms with Gasteiger partial charge < -0.3 is 10.1 Å². The summed E-state index contributed by atoms with van der Waals surface area (Å²) < 4.78 is 0. The molecule has 0 saturated carbocycles. The van der Waals surface area contributed by atoms with Crippen LogP contribution in [0.3, 0.4) is 0 Å². The Bertz CT molecular complexity index is 504. The number of carboxylic acid groups (broad SMARTS) is 1. The number of aryl methyl sites for hydroxylation is 2. The van der Waals surface area contributed by atoms with Crippen molar-refractivity contribution in [3.8, 4) is 0 Å². The molecule has 0 aromatic carbocycles. The molecule has 0 spiro atoms. The number of nitrogens with zero attached hydrogens (tertiary/aromatic N) is 2. The highest BCUT2D eigenvalue weighted by Crippen LogP contribution is 2.14. The number of nitrogens with one attached hydrogen (secondary N) is 1. The van der Waals surface area contributed by atoms with E-state index in [1.807, 2.05) is 13.1 Å². The Balaban J connectivity index is 2.27. The predicted octanol–water partition coefficient (Wildman–Crippen LogP) is 1.28. The first-order valence-corrected chi connectivity index (χ1v) is 4.68. The number of aliphatic carboxylic acids is 1. The molecule has 0 amide bonds. The molecule has 0 aliphatic carbocycles. The molecule has 78 valence electrons. The summed E-state index contributed by atoms with van der Waals surface area (Å²) in [5, 5.41) is 9.51. The highest BCUT2D eigenvalue weighted by molar-refractivity contribution is 5.78. The van der Waals surface area contributed by atoms with E-state index in [2.05, 4.69) is 15.0 Å². The van der Waals surface area contributed by atoms with E-state index in [0.717, 1.165) is 16.6 Å². The van der Waals surface area contributed by atoms with Crippen LogP contribution in [-0.2, 0) is 11.2 Å². The van der Waals surface area contributed by atoms with Crippen LogP contribution in [0.15, 0.2) is 12.4 Å². The third-order valence-corrected chi connectivity index (χ3v) is 2.25. The van der Waals surface area contributed by atoms with Crippen molar-refractivity contribution in [2.45, 2.75) is 19.8 Å². The summed E-state index contributed by atoms with van der Waals surface area (Å²) in [6.07, 6.45) is 4.01. The third-order valence-electron chi connectivity index (χ3n) is 2.25. The summed E-state index contributed by atoms with van der Waals surface area (Å²) in [5.74, 6) is -0.270. The van der Waals surface area contributed by atoms with Gasteiger partial charge in [0.2, 0.25) is 0 Å². The van der Waals surface area contributed by atoms with Gasteiger partial charge in [0.15, 0.2) is 0 Å². The average Bonchev–Trinajstić information content (AvgIpc) is 2.57. The fourth-order valence-corrected chi connectivity index (χ4v) is 1.41. The molecular formula is C10H11N3O2. The molecule has 0 saturated heterocycles. The third kappa shape index (κ3) is 1.96. The summed E-state index contributed by atoms with van der Waals surface area (Å²) in [6.45, 7) is 1.97. The van der Waals surface area contributed by atoms with Crippen LogP contribution in [0.4, 0.5) is 0 Å². The Morgan fingerprint density at radius 3 is 3.13 bits per heavy atom. The fraction of sp³-hybridized carbons (Fsp3) is 0.300. The van der Waals surface area contributed by atoms with Gasteiger partial charge in [0.25, 0.3) is 0 Å². The molecule has 0 aliphatic rings. The second kappa shape index (κ2) is 3.68. The lowest BCUT2D eigenvalue weighted by Crippen LogP contribution is -2.01. The number of fused-ring (bicyclic) bond motifs is 1. The van der Waals surface area contributed by atoms with Crippen molar-refractivity contribution in [2.24, 2.45) is 0 Å². The molecular weight excluding hydrogens is 194 g/mol. The SMILES string of the molecule is Cc1c[nH]c2nc(CCC(=O)O)ncc12. The van der Waals surface area contributed by atoms with Crippen molar-refractivity contribution in [2.75, 3.05) is 0 Å². The minimum Gasteiger partial charge on any atom is -0.481 e. The lowest BCUT2D eigenvalue weighted by Gasteiger charge is -1.97. The molecule has 0 fully saturated rings. The van der Waals surface area contributed by atoms with Gasteiger partial charge in [0.1, 0.15) is 11.5 Å². The first kappa shape index (κ1) is 9.64. The Morgan fingerprint density at radius 1 is 1.60 bits per heavy atom. The van der Waals surface area contributed by atoms with Crippen LogP contribution >= 0.6 is 0 Å². The van der Waals surface area contributed by atoms with Gasteiger partial charge in [-0.1, -0.05) is 0 Å². The van der Waals surface area contributed by atoms with Crippen LogP contribution in [0.5, 0.6) is 0 Å². The maximum atomic E-state index is 10.4. The van der Waals surface area contributed by atoms with Crippen molar-refractivity contribution in [1.29, 1.82) is 0 Å². The summed E-state index contributed by atoms with van der Waals surface area (Å²) in [4.78, 5) is 21.7. The number of carboxylic acids is 1.